The van der Waals surface area contributed by atoms with Gasteiger partial charge in [0.1, 0.15) is 21.5 Å². The monoisotopic (exact) mass is 401 g/mol. The van der Waals surface area contributed by atoms with Crippen LogP contribution in [0.1, 0.15) is 29.6 Å². The maximum Gasteiger partial charge on any atom is 0.234 e. The first-order valence-corrected chi connectivity index (χ1v) is 10.8. The number of carbonyl (C=O) groups excluding carboxylic acids is 1. The Morgan fingerprint density at radius 1 is 1.37 bits per heavy atom. The average molecular weight is 402 g/mol. The van der Waals surface area contributed by atoms with E-state index in [-0.39, 0.29) is 17.3 Å². The number of hydrogen-bond donors (Lipinski definition) is 1. The van der Waals surface area contributed by atoms with Crippen LogP contribution in [0.15, 0.2) is 29.3 Å². The molecule has 3 aromatic rings. The van der Waals surface area contributed by atoms with E-state index in [4.69, 9.17) is 0 Å². The minimum Gasteiger partial charge on any atom is -0.323 e. The van der Waals surface area contributed by atoms with Crippen LogP contribution in [0.5, 0.6) is 0 Å². The number of rotatable bonds is 4. The molecule has 1 N–H and O–H groups in total. The number of benzene rings is 1. The molecular formula is C20H20FN3OS2. The summed E-state index contributed by atoms with van der Waals surface area (Å²) in [7, 11) is 0. The molecule has 1 aromatic carbocycles. The van der Waals surface area contributed by atoms with Gasteiger partial charge in [-0.3, -0.25) is 4.79 Å². The minimum absolute atomic E-state index is 0.181. The molecule has 2 heterocycles. The van der Waals surface area contributed by atoms with E-state index in [1.165, 1.54) is 34.7 Å². The summed E-state index contributed by atoms with van der Waals surface area (Å²) in [5.41, 5.74) is 1.55. The maximum absolute atomic E-state index is 13.7. The van der Waals surface area contributed by atoms with Crippen LogP contribution in [0.25, 0.3) is 10.2 Å². The number of nitrogens with zero attached hydrogens (tertiary/aromatic N) is 2. The molecule has 0 spiro atoms. The highest BCUT2D eigenvalue weighted by Crippen LogP contribution is 2.40. The molecule has 7 heteroatoms. The van der Waals surface area contributed by atoms with E-state index in [1.54, 1.807) is 29.5 Å². The number of fused-ring (bicyclic) bond motifs is 3. The second kappa shape index (κ2) is 7.56. The van der Waals surface area contributed by atoms with Gasteiger partial charge in [-0.1, -0.05) is 30.8 Å². The summed E-state index contributed by atoms with van der Waals surface area (Å²) in [5.74, 6) is 0.916. The molecule has 27 heavy (non-hydrogen) atoms. The Morgan fingerprint density at radius 2 is 2.19 bits per heavy atom. The highest BCUT2D eigenvalue weighted by Gasteiger charge is 2.24. The lowest BCUT2D eigenvalue weighted by molar-refractivity contribution is -0.113. The van der Waals surface area contributed by atoms with Crippen molar-refractivity contribution in [1.82, 2.24) is 9.97 Å². The first-order chi connectivity index (χ1) is 13.0. The number of thioether (sulfide) groups is 1. The number of anilines is 1. The van der Waals surface area contributed by atoms with Crippen LogP contribution < -0.4 is 5.32 Å². The summed E-state index contributed by atoms with van der Waals surface area (Å²) in [5, 5.41) is 4.59. The summed E-state index contributed by atoms with van der Waals surface area (Å²) in [4.78, 5) is 23.9. The second-order valence-corrected chi connectivity index (χ2v) is 8.97. The van der Waals surface area contributed by atoms with Gasteiger partial charge in [0.25, 0.3) is 0 Å². The number of thiophene rings is 1. The fourth-order valence-electron chi connectivity index (χ4n) is 3.40. The van der Waals surface area contributed by atoms with Crippen molar-refractivity contribution in [1.29, 1.82) is 0 Å². The molecule has 0 aliphatic heterocycles. The minimum atomic E-state index is -0.433. The number of hydrogen-bond acceptors (Lipinski definition) is 5. The van der Waals surface area contributed by atoms with Gasteiger partial charge in [0, 0.05) is 10.3 Å². The number of amides is 1. The summed E-state index contributed by atoms with van der Waals surface area (Å²) >= 11 is 3.15. The molecule has 1 aliphatic carbocycles. The molecule has 140 valence electrons. The molecule has 4 rings (SSSR count). The highest BCUT2D eigenvalue weighted by atomic mass is 32.2. The van der Waals surface area contributed by atoms with E-state index >= 15 is 0 Å². The van der Waals surface area contributed by atoms with Crippen LogP contribution >= 0.6 is 23.1 Å². The zero-order valence-corrected chi connectivity index (χ0v) is 16.8. The van der Waals surface area contributed by atoms with Gasteiger partial charge in [0.05, 0.1) is 11.4 Å². The molecule has 2 aromatic heterocycles. The van der Waals surface area contributed by atoms with Gasteiger partial charge >= 0.3 is 0 Å². The van der Waals surface area contributed by atoms with Crippen LogP contribution in [0, 0.1) is 18.7 Å². The lowest BCUT2D eigenvalue weighted by Gasteiger charge is -2.18. The highest BCUT2D eigenvalue weighted by molar-refractivity contribution is 8.00. The standard InChI is InChI=1S/C20H20FN3OS2/c1-11-7-8-13-16(9-11)27-20-18(13)19(22-12(2)23-20)26-10-17(25)24-15-6-4-3-5-14(15)21/h3-6,11H,7-10H2,1-2H3,(H,24,25)/t11-/m1/s1. The van der Waals surface area contributed by atoms with E-state index in [1.807, 2.05) is 6.92 Å². The molecule has 0 fully saturated rings. The number of halogens is 1. The predicted molar refractivity (Wildman–Crippen MR) is 109 cm³/mol. The van der Waals surface area contributed by atoms with Gasteiger partial charge in [-0.25, -0.2) is 14.4 Å². The quantitative estimate of drug-likeness (QED) is 0.494. The summed E-state index contributed by atoms with van der Waals surface area (Å²) in [6, 6.07) is 6.18. The van der Waals surface area contributed by atoms with Crippen LogP contribution in [0.4, 0.5) is 10.1 Å². The van der Waals surface area contributed by atoms with E-state index in [0.717, 1.165) is 28.1 Å². The Kier molecular flexibility index (Phi) is 5.14. The molecule has 0 bridgehead atoms. The third-order valence-electron chi connectivity index (χ3n) is 4.72. The third kappa shape index (κ3) is 3.84. The Morgan fingerprint density at radius 3 is 3.00 bits per heavy atom. The molecule has 0 unspecified atom stereocenters. The Balaban J connectivity index is 1.57. The molecule has 1 atom stereocenters. The van der Waals surface area contributed by atoms with Crippen molar-refractivity contribution in [3.05, 3.63) is 46.3 Å². The van der Waals surface area contributed by atoms with Gasteiger partial charge in [-0.05, 0) is 49.8 Å². The van der Waals surface area contributed by atoms with Gasteiger partial charge in [0.15, 0.2) is 0 Å². The molecule has 1 amide bonds. The average Bonchev–Trinajstić information content (AvgIpc) is 2.98. The number of aromatic nitrogens is 2. The molecule has 0 radical (unpaired) electrons. The summed E-state index contributed by atoms with van der Waals surface area (Å²) < 4.78 is 13.7. The smallest absolute Gasteiger partial charge is 0.234 e. The van der Waals surface area contributed by atoms with E-state index in [0.29, 0.717) is 11.7 Å². The first-order valence-electron chi connectivity index (χ1n) is 8.97. The number of carbonyl (C=O) groups is 1. The van der Waals surface area contributed by atoms with Crippen molar-refractivity contribution in [2.24, 2.45) is 5.92 Å². The van der Waals surface area contributed by atoms with Crippen molar-refractivity contribution in [2.75, 3.05) is 11.1 Å². The third-order valence-corrected chi connectivity index (χ3v) is 6.85. The van der Waals surface area contributed by atoms with Crippen molar-refractivity contribution in [3.63, 3.8) is 0 Å². The topological polar surface area (TPSA) is 54.9 Å². The molecule has 4 nitrogen and oxygen atoms in total. The van der Waals surface area contributed by atoms with Crippen molar-refractivity contribution in [2.45, 2.75) is 38.1 Å². The van der Waals surface area contributed by atoms with Gasteiger partial charge in [0.2, 0.25) is 5.91 Å². The predicted octanol–water partition coefficient (Wildman–Crippen LogP) is 4.99. The fourth-order valence-corrected chi connectivity index (χ4v) is 5.79. The Labute approximate surface area is 165 Å². The lowest BCUT2D eigenvalue weighted by atomic mass is 9.89. The fraction of sp³-hybridized carbons (Fsp3) is 0.350. The molecule has 0 saturated heterocycles. The van der Waals surface area contributed by atoms with Crippen LogP contribution in [-0.2, 0) is 17.6 Å². The molecular weight excluding hydrogens is 381 g/mol. The second-order valence-electron chi connectivity index (χ2n) is 6.92. The number of nitrogens with one attached hydrogen (secondary N) is 1. The SMILES string of the molecule is Cc1nc(SCC(=O)Nc2ccccc2F)c2c3c(sc2n1)C[C@H](C)CC3. The lowest BCUT2D eigenvalue weighted by Crippen LogP contribution is -2.15. The van der Waals surface area contributed by atoms with Gasteiger partial charge in [-0.2, -0.15) is 0 Å². The normalized spacial score (nSPS) is 16.3. The van der Waals surface area contributed by atoms with E-state index in [9.17, 15) is 9.18 Å². The van der Waals surface area contributed by atoms with Crippen molar-refractivity contribution in [3.8, 4) is 0 Å². The van der Waals surface area contributed by atoms with Crippen molar-refractivity contribution >= 4 is 44.9 Å². The summed E-state index contributed by atoms with van der Waals surface area (Å²) in [6.07, 6.45) is 3.30. The van der Waals surface area contributed by atoms with Gasteiger partial charge in [-0.15, -0.1) is 11.3 Å². The Hall–Kier alpha value is -1.99. The Bertz CT molecular complexity index is 1020. The maximum atomic E-state index is 13.7. The largest absolute Gasteiger partial charge is 0.323 e. The number of aryl methyl sites for hydroxylation is 2. The number of para-hydroxylation sites is 1. The molecule has 1 aliphatic rings. The van der Waals surface area contributed by atoms with Crippen LogP contribution in [0.2, 0.25) is 0 Å². The van der Waals surface area contributed by atoms with E-state index in [2.05, 4.69) is 22.2 Å². The zero-order chi connectivity index (χ0) is 19.0. The summed E-state index contributed by atoms with van der Waals surface area (Å²) in [6.45, 7) is 4.16. The molecule has 0 saturated carbocycles. The van der Waals surface area contributed by atoms with Crippen LogP contribution in [-0.4, -0.2) is 21.6 Å². The van der Waals surface area contributed by atoms with E-state index < -0.39 is 5.82 Å². The zero-order valence-electron chi connectivity index (χ0n) is 15.2. The van der Waals surface area contributed by atoms with Crippen LogP contribution in [0.3, 0.4) is 0 Å². The van der Waals surface area contributed by atoms with Gasteiger partial charge < -0.3 is 5.32 Å². The first kappa shape index (κ1) is 18.4. The van der Waals surface area contributed by atoms with Crippen molar-refractivity contribution < 1.29 is 9.18 Å².